The van der Waals surface area contributed by atoms with Crippen LogP contribution in [-0.2, 0) is 12.2 Å². The van der Waals surface area contributed by atoms with E-state index in [4.69, 9.17) is 4.52 Å². The van der Waals surface area contributed by atoms with E-state index in [1.807, 2.05) is 45.0 Å². The van der Waals surface area contributed by atoms with Gasteiger partial charge in [0.1, 0.15) is 11.6 Å². The Morgan fingerprint density at radius 1 is 1.09 bits per heavy atom. The highest BCUT2D eigenvalue weighted by Gasteiger charge is 2.17. The van der Waals surface area contributed by atoms with Crippen LogP contribution < -0.4 is 5.32 Å². The number of anilines is 1. The molecule has 8 heteroatoms. The Bertz CT molecular complexity index is 1250. The molecule has 0 aliphatic carbocycles. The molecule has 0 atom stereocenters. The van der Waals surface area contributed by atoms with Gasteiger partial charge >= 0.3 is 0 Å². The summed E-state index contributed by atoms with van der Waals surface area (Å²) in [5, 5.41) is 7.40. The molecule has 164 valence electrons. The summed E-state index contributed by atoms with van der Waals surface area (Å²) in [5.74, 6) is 0.986. The summed E-state index contributed by atoms with van der Waals surface area (Å²) >= 11 is 2.93. The van der Waals surface area contributed by atoms with Gasteiger partial charge in [0.05, 0.1) is 17.0 Å². The Morgan fingerprint density at radius 2 is 1.84 bits per heavy atom. The zero-order valence-electron chi connectivity index (χ0n) is 17.9. The van der Waals surface area contributed by atoms with Gasteiger partial charge in [-0.25, -0.2) is 9.37 Å². The molecule has 1 amide bonds. The van der Waals surface area contributed by atoms with Crippen LogP contribution in [0.2, 0.25) is 0 Å². The van der Waals surface area contributed by atoms with E-state index in [0.29, 0.717) is 28.4 Å². The number of nitrogens with one attached hydrogen (secondary N) is 1. The zero-order chi connectivity index (χ0) is 22.7. The van der Waals surface area contributed by atoms with Crippen LogP contribution in [-0.4, -0.2) is 16.0 Å². The maximum atomic E-state index is 14.0. The van der Waals surface area contributed by atoms with Gasteiger partial charge in [0.25, 0.3) is 5.91 Å². The van der Waals surface area contributed by atoms with Gasteiger partial charge in [0.2, 0.25) is 0 Å². The minimum Gasteiger partial charge on any atom is -0.361 e. The van der Waals surface area contributed by atoms with Crippen LogP contribution in [0.25, 0.3) is 0 Å². The van der Waals surface area contributed by atoms with Crippen LogP contribution in [0.15, 0.2) is 57.9 Å². The molecule has 1 N–H and O–H groups in total. The summed E-state index contributed by atoms with van der Waals surface area (Å²) in [4.78, 5) is 19.3. The first kappa shape index (κ1) is 22.2. The minimum atomic E-state index is -0.241. The highest BCUT2D eigenvalue weighted by Crippen LogP contribution is 2.30. The van der Waals surface area contributed by atoms with Gasteiger partial charge in [-0.15, -0.1) is 23.1 Å². The van der Waals surface area contributed by atoms with E-state index in [1.165, 1.54) is 17.4 Å². The SMILES string of the molecule is Cc1nc(NC(=O)c2ccccc2SCc2c(C)noc2C)sc1Cc1ccccc1F. The molecule has 4 rings (SSSR count). The van der Waals surface area contributed by atoms with Crippen LogP contribution in [0.5, 0.6) is 0 Å². The Balaban J connectivity index is 1.48. The van der Waals surface area contributed by atoms with Crippen LogP contribution in [0.3, 0.4) is 0 Å². The van der Waals surface area contributed by atoms with Gasteiger partial charge in [-0.3, -0.25) is 10.1 Å². The molecule has 0 saturated carbocycles. The lowest BCUT2D eigenvalue weighted by molar-refractivity contribution is 0.102. The number of carbonyl (C=O) groups is 1. The number of thiazole rings is 1. The first-order valence-corrected chi connectivity index (χ1v) is 11.9. The van der Waals surface area contributed by atoms with Crippen LogP contribution in [0.1, 0.15) is 43.5 Å². The van der Waals surface area contributed by atoms with E-state index in [0.717, 1.165) is 32.5 Å². The molecule has 0 spiro atoms. The van der Waals surface area contributed by atoms with Gasteiger partial charge < -0.3 is 4.52 Å². The fraction of sp³-hybridized carbons (Fsp3) is 0.208. The van der Waals surface area contributed by atoms with Gasteiger partial charge in [0.15, 0.2) is 5.13 Å². The molecule has 2 aromatic carbocycles. The first-order chi connectivity index (χ1) is 15.4. The number of thioether (sulfide) groups is 1. The molecule has 5 nitrogen and oxygen atoms in total. The molecule has 0 radical (unpaired) electrons. The quantitative estimate of drug-likeness (QED) is 0.322. The molecule has 0 aliphatic rings. The standard InChI is InChI=1S/C24H22FN3O2S2/c1-14-19(16(3)30-28-14)13-31-21-11-7-5-9-18(21)23(29)27-24-26-15(2)22(32-24)12-17-8-4-6-10-20(17)25/h4-11H,12-13H2,1-3H3,(H,26,27,29). The summed E-state index contributed by atoms with van der Waals surface area (Å²) in [6.45, 7) is 5.67. The normalized spacial score (nSPS) is 11.0. The molecule has 0 aliphatic heterocycles. The van der Waals surface area contributed by atoms with Crippen LogP contribution >= 0.6 is 23.1 Å². The second kappa shape index (κ2) is 9.67. The molecule has 0 bridgehead atoms. The molecule has 32 heavy (non-hydrogen) atoms. The van der Waals surface area contributed by atoms with E-state index in [9.17, 15) is 9.18 Å². The maximum Gasteiger partial charge on any atom is 0.258 e. The van der Waals surface area contributed by atoms with E-state index in [-0.39, 0.29) is 11.7 Å². The third kappa shape index (κ3) is 4.92. The van der Waals surface area contributed by atoms with E-state index in [2.05, 4.69) is 15.5 Å². The topological polar surface area (TPSA) is 68.0 Å². The van der Waals surface area contributed by atoms with Gasteiger partial charge in [-0.1, -0.05) is 35.5 Å². The van der Waals surface area contributed by atoms with Crippen molar-refractivity contribution in [2.24, 2.45) is 0 Å². The van der Waals surface area contributed by atoms with Crippen molar-refractivity contribution in [2.75, 3.05) is 5.32 Å². The highest BCUT2D eigenvalue weighted by molar-refractivity contribution is 7.98. The third-order valence-electron chi connectivity index (χ3n) is 5.11. The number of benzene rings is 2. The highest BCUT2D eigenvalue weighted by atomic mass is 32.2. The van der Waals surface area contributed by atoms with Gasteiger partial charge in [-0.2, -0.15) is 0 Å². The fourth-order valence-corrected chi connectivity index (χ4v) is 5.45. The lowest BCUT2D eigenvalue weighted by Gasteiger charge is -2.08. The second-order valence-corrected chi connectivity index (χ2v) is 9.44. The number of amides is 1. The average molecular weight is 468 g/mol. The summed E-state index contributed by atoms with van der Waals surface area (Å²) in [6.07, 6.45) is 0.440. The predicted octanol–water partition coefficient (Wildman–Crippen LogP) is 6.33. The Morgan fingerprint density at radius 3 is 2.59 bits per heavy atom. The average Bonchev–Trinajstić information content (AvgIpc) is 3.28. The number of rotatable bonds is 7. The molecule has 2 heterocycles. The number of nitrogens with zero attached hydrogens (tertiary/aromatic N) is 2. The maximum absolute atomic E-state index is 14.0. The number of hydrogen-bond acceptors (Lipinski definition) is 6. The predicted molar refractivity (Wildman–Crippen MR) is 126 cm³/mol. The molecular weight excluding hydrogens is 445 g/mol. The lowest BCUT2D eigenvalue weighted by atomic mass is 10.1. The summed E-state index contributed by atoms with van der Waals surface area (Å²) in [5.41, 5.74) is 3.87. The third-order valence-corrected chi connectivity index (χ3v) is 7.28. The number of aromatic nitrogens is 2. The van der Waals surface area contributed by atoms with Gasteiger partial charge in [0, 0.05) is 27.5 Å². The molecule has 0 fully saturated rings. The Hall–Kier alpha value is -2.97. The Labute approximate surface area is 194 Å². The van der Waals surface area contributed by atoms with Crippen molar-refractivity contribution >= 4 is 34.1 Å². The van der Waals surface area contributed by atoms with Crippen molar-refractivity contribution in [1.29, 1.82) is 0 Å². The number of hydrogen-bond donors (Lipinski definition) is 1. The van der Waals surface area contributed by atoms with Crippen LogP contribution in [0, 0.1) is 26.6 Å². The summed E-state index contributed by atoms with van der Waals surface area (Å²) in [7, 11) is 0. The fourth-order valence-electron chi connectivity index (χ4n) is 3.26. The van der Waals surface area contributed by atoms with Crippen molar-refractivity contribution in [3.8, 4) is 0 Å². The monoisotopic (exact) mass is 467 g/mol. The van der Waals surface area contributed by atoms with Crippen molar-refractivity contribution in [3.63, 3.8) is 0 Å². The number of halogens is 1. The van der Waals surface area contributed by atoms with E-state index in [1.54, 1.807) is 30.0 Å². The van der Waals surface area contributed by atoms with Crippen LogP contribution in [0.4, 0.5) is 9.52 Å². The molecular formula is C24H22FN3O2S2. The molecule has 2 aromatic heterocycles. The smallest absolute Gasteiger partial charge is 0.258 e. The largest absolute Gasteiger partial charge is 0.361 e. The number of aryl methyl sites for hydroxylation is 3. The summed E-state index contributed by atoms with van der Waals surface area (Å²) < 4.78 is 19.2. The molecule has 0 unspecified atom stereocenters. The Kier molecular flexibility index (Phi) is 6.72. The van der Waals surface area contributed by atoms with Gasteiger partial charge in [-0.05, 0) is 44.5 Å². The van der Waals surface area contributed by atoms with E-state index >= 15 is 0 Å². The first-order valence-electron chi connectivity index (χ1n) is 10.1. The van der Waals surface area contributed by atoms with Crippen molar-refractivity contribution in [3.05, 3.63) is 93.1 Å². The van der Waals surface area contributed by atoms with E-state index < -0.39 is 0 Å². The molecule has 0 saturated heterocycles. The number of carbonyl (C=O) groups excluding carboxylic acids is 1. The zero-order valence-corrected chi connectivity index (χ0v) is 19.6. The minimum absolute atomic E-state index is 0.224. The van der Waals surface area contributed by atoms with Crippen molar-refractivity contribution in [2.45, 2.75) is 37.8 Å². The lowest BCUT2D eigenvalue weighted by Crippen LogP contribution is -2.12. The van der Waals surface area contributed by atoms with Crippen molar-refractivity contribution < 1.29 is 13.7 Å². The second-order valence-electron chi connectivity index (χ2n) is 7.34. The van der Waals surface area contributed by atoms with Crippen molar-refractivity contribution in [1.82, 2.24) is 10.1 Å². The summed E-state index contributed by atoms with van der Waals surface area (Å²) in [6, 6.07) is 14.2. The molecule has 4 aromatic rings.